The van der Waals surface area contributed by atoms with Gasteiger partial charge in [-0.2, -0.15) is 0 Å². The molecule has 0 spiro atoms. The minimum Gasteiger partial charge on any atom is -0.495 e. The number of methoxy groups -OCH3 is 1. The van der Waals surface area contributed by atoms with Crippen LogP contribution in [0.5, 0.6) is 11.5 Å². The largest absolute Gasteiger partial charge is 0.495 e. The van der Waals surface area contributed by atoms with Crippen LogP contribution >= 0.6 is 23.2 Å². The Labute approximate surface area is 320 Å². The Hall–Kier alpha value is -3.92. The number of benzene rings is 3. The molecule has 0 saturated carbocycles. The van der Waals surface area contributed by atoms with Crippen molar-refractivity contribution in [3.05, 3.63) is 87.4 Å². The van der Waals surface area contributed by atoms with Gasteiger partial charge in [-0.25, -0.2) is 17.5 Å². The average molecular weight is 788 g/mol. The molecule has 0 N–H and O–H groups in total. The second-order valence-electron chi connectivity index (χ2n) is 13.1. The molecule has 3 aromatic carbocycles. The molecule has 0 bridgehead atoms. The van der Waals surface area contributed by atoms with Crippen LogP contribution in [-0.2, 0) is 19.6 Å². The summed E-state index contributed by atoms with van der Waals surface area (Å²) in [6, 6.07) is 15.9. The third-order valence-electron chi connectivity index (χ3n) is 9.63. The smallest absolute Gasteiger partial charge is 0.326 e. The van der Waals surface area contributed by atoms with Gasteiger partial charge in [-0.1, -0.05) is 47.5 Å². The standard InChI is InChI=1S/C37H44Cl2N6O7S/c1-5-52-30-23-31(50-4)32(53(48,49)41(2)3)22-29(30)36-40-34(25-6-10-27(38)11-7-25)35(26-8-12-28(39)13-9-26)45(36)37(47)44-16-14-42(15-17-44)24-33(46)43-18-20-51-21-19-43/h6-13,22-23,34-35H,5,14-21,24H2,1-4H3/t34-,35+/m0/s1. The maximum Gasteiger partial charge on any atom is 0.326 e. The van der Waals surface area contributed by atoms with Gasteiger partial charge in [0.2, 0.25) is 15.9 Å². The van der Waals surface area contributed by atoms with E-state index in [1.807, 2.05) is 36.1 Å². The number of piperazine rings is 1. The molecular weight excluding hydrogens is 743 g/mol. The van der Waals surface area contributed by atoms with Crippen LogP contribution in [0.25, 0.3) is 0 Å². The Morgan fingerprint density at radius 3 is 2.04 bits per heavy atom. The molecule has 0 aliphatic carbocycles. The monoisotopic (exact) mass is 786 g/mol. The Bertz CT molecular complexity index is 1930. The van der Waals surface area contributed by atoms with E-state index in [0.717, 1.165) is 15.4 Å². The second kappa shape index (κ2) is 16.6. The van der Waals surface area contributed by atoms with Gasteiger partial charge in [0.1, 0.15) is 28.3 Å². The van der Waals surface area contributed by atoms with Gasteiger partial charge in [-0.3, -0.25) is 19.6 Å². The van der Waals surface area contributed by atoms with Gasteiger partial charge in [0, 0.05) is 69.5 Å². The quantitative estimate of drug-likeness (QED) is 0.288. The number of amides is 3. The lowest BCUT2D eigenvalue weighted by atomic mass is 9.93. The normalized spacial score (nSPS) is 19.8. The van der Waals surface area contributed by atoms with Gasteiger partial charge >= 0.3 is 6.03 Å². The predicted molar refractivity (Wildman–Crippen MR) is 203 cm³/mol. The topological polar surface area (TPSA) is 125 Å². The van der Waals surface area contributed by atoms with Crippen LogP contribution in [0, 0.1) is 0 Å². The Morgan fingerprint density at radius 2 is 1.47 bits per heavy atom. The average Bonchev–Trinajstić information content (AvgIpc) is 3.56. The molecule has 3 aliphatic heterocycles. The molecule has 13 nitrogen and oxygen atoms in total. The van der Waals surface area contributed by atoms with E-state index in [9.17, 15) is 13.2 Å². The number of morpholine rings is 1. The number of carbonyl (C=O) groups is 2. The fourth-order valence-electron chi connectivity index (χ4n) is 6.76. The van der Waals surface area contributed by atoms with Crippen molar-refractivity contribution < 1.29 is 32.2 Å². The summed E-state index contributed by atoms with van der Waals surface area (Å²) in [5.74, 6) is 0.675. The van der Waals surface area contributed by atoms with Crippen molar-refractivity contribution in [2.75, 3.05) is 86.8 Å². The second-order valence-corrected chi connectivity index (χ2v) is 16.1. The number of hydrogen-bond donors (Lipinski definition) is 0. The highest BCUT2D eigenvalue weighted by atomic mass is 35.5. The van der Waals surface area contributed by atoms with E-state index in [2.05, 4.69) is 4.90 Å². The van der Waals surface area contributed by atoms with Crippen molar-refractivity contribution in [3.8, 4) is 11.5 Å². The summed E-state index contributed by atoms with van der Waals surface area (Å²) in [7, 11) is 0.256. The summed E-state index contributed by atoms with van der Waals surface area (Å²) in [5, 5.41) is 1.08. The first-order valence-electron chi connectivity index (χ1n) is 17.4. The first-order chi connectivity index (χ1) is 25.4. The summed E-state index contributed by atoms with van der Waals surface area (Å²) in [4.78, 5) is 40.4. The number of hydrogen-bond acceptors (Lipinski definition) is 9. The third kappa shape index (κ3) is 8.27. The highest BCUT2D eigenvalue weighted by molar-refractivity contribution is 7.89. The van der Waals surface area contributed by atoms with Crippen molar-refractivity contribution in [2.24, 2.45) is 4.99 Å². The van der Waals surface area contributed by atoms with Crippen LogP contribution in [0.2, 0.25) is 10.0 Å². The SMILES string of the molecule is CCOc1cc(OC)c(S(=O)(=O)N(C)C)cc1C1=N[C@@H](c2ccc(Cl)cc2)[C@@H](c2ccc(Cl)cc2)N1C(=O)N1CCN(CC(=O)N2CCOCC2)CC1. The van der Waals surface area contributed by atoms with E-state index in [1.165, 1.54) is 33.3 Å². The van der Waals surface area contributed by atoms with Gasteiger partial charge in [0.15, 0.2) is 0 Å². The molecule has 53 heavy (non-hydrogen) atoms. The van der Waals surface area contributed by atoms with Crippen LogP contribution in [0.15, 0.2) is 70.6 Å². The lowest BCUT2D eigenvalue weighted by Gasteiger charge is -2.39. The van der Waals surface area contributed by atoms with Crippen molar-refractivity contribution in [3.63, 3.8) is 0 Å². The molecule has 3 aliphatic rings. The zero-order valence-corrected chi connectivity index (χ0v) is 32.5. The zero-order valence-electron chi connectivity index (χ0n) is 30.2. The van der Waals surface area contributed by atoms with Crippen molar-refractivity contribution in [1.82, 2.24) is 23.9 Å². The van der Waals surface area contributed by atoms with Crippen LogP contribution in [0.4, 0.5) is 4.79 Å². The maximum absolute atomic E-state index is 15.0. The van der Waals surface area contributed by atoms with Gasteiger partial charge in [0.05, 0.1) is 45.1 Å². The first kappa shape index (κ1) is 38.8. The van der Waals surface area contributed by atoms with Gasteiger partial charge in [0.25, 0.3) is 0 Å². The number of aliphatic imine (C=N–C) groups is 1. The summed E-state index contributed by atoms with van der Waals surface area (Å²) < 4.78 is 45.5. The van der Waals surface area contributed by atoms with Crippen LogP contribution in [-0.4, -0.2) is 137 Å². The lowest BCUT2D eigenvalue weighted by Crippen LogP contribution is -2.56. The Balaban J connectivity index is 1.44. The van der Waals surface area contributed by atoms with Crippen molar-refractivity contribution >= 4 is 51.0 Å². The fourth-order valence-corrected chi connectivity index (χ4v) is 8.07. The zero-order chi connectivity index (χ0) is 37.9. The number of amidine groups is 1. The van der Waals surface area contributed by atoms with Gasteiger partial charge in [-0.05, 0) is 48.4 Å². The van der Waals surface area contributed by atoms with Gasteiger partial charge < -0.3 is 24.0 Å². The predicted octanol–water partition coefficient (Wildman–Crippen LogP) is 4.79. The molecule has 0 radical (unpaired) electrons. The molecule has 3 heterocycles. The molecular formula is C37H44Cl2N6O7S. The molecule has 6 rings (SSSR count). The van der Waals surface area contributed by atoms with E-state index in [4.69, 9.17) is 42.4 Å². The van der Waals surface area contributed by atoms with Crippen LogP contribution in [0.1, 0.15) is 35.7 Å². The van der Waals surface area contributed by atoms with Crippen molar-refractivity contribution in [2.45, 2.75) is 23.9 Å². The minimum atomic E-state index is -4.02. The Morgan fingerprint density at radius 1 is 0.868 bits per heavy atom. The number of rotatable bonds is 10. The number of urea groups is 1. The molecule has 0 unspecified atom stereocenters. The van der Waals surface area contributed by atoms with E-state index in [1.54, 1.807) is 34.1 Å². The van der Waals surface area contributed by atoms with E-state index >= 15 is 4.79 Å². The minimum absolute atomic E-state index is 0.0436. The molecule has 16 heteroatoms. The van der Waals surface area contributed by atoms with E-state index < -0.39 is 22.1 Å². The molecule has 0 aromatic heterocycles. The lowest BCUT2D eigenvalue weighted by molar-refractivity contribution is -0.136. The summed E-state index contributed by atoms with van der Waals surface area (Å²) in [6.07, 6.45) is 0. The number of sulfonamides is 1. The molecule has 3 aromatic rings. The number of carbonyl (C=O) groups excluding carboxylic acids is 2. The summed E-state index contributed by atoms with van der Waals surface area (Å²) >= 11 is 12.7. The van der Waals surface area contributed by atoms with E-state index in [-0.39, 0.29) is 41.6 Å². The first-order valence-corrected chi connectivity index (χ1v) is 19.6. The fraction of sp³-hybridized carbons (Fsp3) is 0.432. The summed E-state index contributed by atoms with van der Waals surface area (Å²) in [6.45, 7) is 6.24. The molecule has 284 valence electrons. The molecule has 3 amide bonds. The number of ether oxygens (including phenoxy) is 3. The highest BCUT2D eigenvalue weighted by Gasteiger charge is 2.45. The number of halogens is 2. The van der Waals surface area contributed by atoms with Gasteiger partial charge in [-0.15, -0.1) is 0 Å². The molecule has 2 saturated heterocycles. The number of nitrogens with zero attached hydrogens (tertiary/aromatic N) is 6. The van der Waals surface area contributed by atoms with Crippen LogP contribution < -0.4 is 9.47 Å². The third-order valence-corrected chi connectivity index (χ3v) is 12.0. The van der Waals surface area contributed by atoms with E-state index in [0.29, 0.717) is 73.8 Å². The molecule has 2 atom stereocenters. The highest BCUT2D eigenvalue weighted by Crippen LogP contribution is 2.46. The summed E-state index contributed by atoms with van der Waals surface area (Å²) in [5.41, 5.74) is 1.87. The molecule has 2 fully saturated rings. The van der Waals surface area contributed by atoms with Crippen LogP contribution in [0.3, 0.4) is 0 Å². The van der Waals surface area contributed by atoms with Crippen molar-refractivity contribution in [1.29, 1.82) is 0 Å². The maximum atomic E-state index is 15.0. The Kier molecular flexibility index (Phi) is 12.2.